The minimum atomic E-state index is -0.0753. The maximum atomic E-state index is 10.4. The maximum Gasteiger partial charge on any atom is 0.0695 e. The first kappa shape index (κ1) is 15.3. The van der Waals surface area contributed by atoms with Gasteiger partial charge in [0.15, 0.2) is 0 Å². The first-order valence-electron chi connectivity index (χ1n) is 8.37. The number of β-amino-alcohol motifs (C(OH)–C–C–N with tert-alkyl or cyclic N) is 1. The topological polar surface area (TPSA) is 23.5 Å². The normalized spacial score (nSPS) is 29.4. The second-order valence-corrected chi connectivity index (χ2v) is 7.91. The van der Waals surface area contributed by atoms with Gasteiger partial charge in [-0.25, -0.2) is 0 Å². The summed E-state index contributed by atoms with van der Waals surface area (Å²) in [5.41, 5.74) is 0.445. The molecule has 112 valence electrons. The number of aliphatic hydroxyl groups is 1. The standard InChI is InChI=1S/C17H33NO/c1-17(2,3)15-9-6-11-18(12-10-15)13-16(19)14-7-4-5-8-14/h14-16,19H,4-13H2,1-3H3. The molecule has 0 aromatic heterocycles. The molecule has 2 fully saturated rings. The smallest absolute Gasteiger partial charge is 0.0695 e. The Labute approximate surface area is 119 Å². The van der Waals surface area contributed by atoms with Crippen molar-refractivity contribution in [3.8, 4) is 0 Å². The molecule has 19 heavy (non-hydrogen) atoms. The summed E-state index contributed by atoms with van der Waals surface area (Å²) in [7, 11) is 0. The Morgan fingerprint density at radius 3 is 2.32 bits per heavy atom. The summed E-state index contributed by atoms with van der Waals surface area (Å²) >= 11 is 0. The SMILES string of the molecule is CC(C)(C)C1CCCN(CC(O)C2CCCC2)CC1. The zero-order valence-electron chi connectivity index (χ0n) is 13.2. The Balaban J connectivity index is 1.79. The van der Waals surface area contributed by atoms with Crippen LogP contribution >= 0.6 is 0 Å². The highest BCUT2D eigenvalue weighted by atomic mass is 16.3. The lowest BCUT2D eigenvalue weighted by molar-refractivity contribution is 0.0657. The highest BCUT2D eigenvalue weighted by Crippen LogP contribution is 2.34. The van der Waals surface area contributed by atoms with E-state index in [0.29, 0.717) is 11.3 Å². The van der Waals surface area contributed by atoms with E-state index in [0.717, 1.165) is 12.5 Å². The number of aliphatic hydroxyl groups excluding tert-OH is 1. The van der Waals surface area contributed by atoms with Crippen LogP contribution in [0, 0.1) is 17.3 Å². The Kier molecular flexibility index (Phi) is 5.30. The van der Waals surface area contributed by atoms with Crippen molar-refractivity contribution in [1.29, 1.82) is 0 Å². The van der Waals surface area contributed by atoms with E-state index in [1.54, 1.807) is 0 Å². The summed E-state index contributed by atoms with van der Waals surface area (Å²) in [6.07, 6.45) is 9.05. The van der Waals surface area contributed by atoms with Crippen LogP contribution in [0.3, 0.4) is 0 Å². The fourth-order valence-electron chi connectivity index (χ4n) is 3.96. The molecule has 1 saturated heterocycles. The third-order valence-corrected chi connectivity index (χ3v) is 5.43. The van der Waals surface area contributed by atoms with Crippen LogP contribution in [0.2, 0.25) is 0 Å². The number of rotatable bonds is 3. The van der Waals surface area contributed by atoms with Gasteiger partial charge in [0.25, 0.3) is 0 Å². The van der Waals surface area contributed by atoms with E-state index < -0.39 is 0 Å². The minimum absolute atomic E-state index is 0.0753. The van der Waals surface area contributed by atoms with E-state index in [9.17, 15) is 5.11 Å². The van der Waals surface area contributed by atoms with Gasteiger partial charge in [0.05, 0.1) is 6.10 Å². The summed E-state index contributed by atoms with van der Waals surface area (Å²) in [6.45, 7) is 10.4. The molecule has 1 aliphatic heterocycles. The highest BCUT2D eigenvalue weighted by Gasteiger charge is 2.29. The van der Waals surface area contributed by atoms with Gasteiger partial charge in [0.1, 0.15) is 0 Å². The van der Waals surface area contributed by atoms with Crippen LogP contribution in [0.25, 0.3) is 0 Å². The third kappa shape index (κ3) is 4.46. The van der Waals surface area contributed by atoms with Gasteiger partial charge >= 0.3 is 0 Å². The van der Waals surface area contributed by atoms with Gasteiger partial charge in [-0.15, -0.1) is 0 Å². The average Bonchev–Trinajstić information content (AvgIpc) is 2.75. The van der Waals surface area contributed by atoms with Gasteiger partial charge in [-0.3, -0.25) is 0 Å². The first-order chi connectivity index (χ1) is 8.97. The molecule has 0 aromatic carbocycles. The lowest BCUT2D eigenvalue weighted by Crippen LogP contribution is -2.36. The predicted molar refractivity (Wildman–Crippen MR) is 81.2 cm³/mol. The summed E-state index contributed by atoms with van der Waals surface area (Å²) in [5, 5.41) is 10.4. The van der Waals surface area contributed by atoms with Crippen molar-refractivity contribution < 1.29 is 5.11 Å². The van der Waals surface area contributed by atoms with Gasteiger partial charge in [-0.1, -0.05) is 33.6 Å². The molecule has 1 aliphatic carbocycles. The number of hydrogen-bond acceptors (Lipinski definition) is 2. The molecule has 2 rings (SSSR count). The molecule has 2 aliphatic rings. The van der Waals surface area contributed by atoms with Gasteiger partial charge in [-0.05, 0) is 62.4 Å². The zero-order valence-corrected chi connectivity index (χ0v) is 13.2. The van der Waals surface area contributed by atoms with Crippen LogP contribution in [0.4, 0.5) is 0 Å². The fourth-order valence-corrected chi connectivity index (χ4v) is 3.96. The average molecular weight is 267 g/mol. The van der Waals surface area contributed by atoms with Gasteiger partial charge in [0.2, 0.25) is 0 Å². The van der Waals surface area contributed by atoms with Gasteiger partial charge < -0.3 is 10.0 Å². The summed E-state index contributed by atoms with van der Waals surface area (Å²) < 4.78 is 0. The quantitative estimate of drug-likeness (QED) is 0.843. The monoisotopic (exact) mass is 267 g/mol. The van der Waals surface area contributed by atoms with Crippen molar-refractivity contribution in [2.45, 2.75) is 71.8 Å². The van der Waals surface area contributed by atoms with Crippen LogP contribution in [0.15, 0.2) is 0 Å². The van der Waals surface area contributed by atoms with Crippen LogP contribution in [0.1, 0.15) is 65.7 Å². The number of hydrogen-bond donors (Lipinski definition) is 1. The predicted octanol–water partition coefficient (Wildman–Crippen LogP) is 3.69. The molecule has 2 heteroatoms. The Bertz CT molecular complexity index is 265. The summed E-state index contributed by atoms with van der Waals surface area (Å²) in [5.74, 6) is 1.43. The van der Waals surface area contributed by atoms with Crippen molar-refractivity contribution in [1.82, 2.24) is 4.90 Å². The van der Waals surface area contributed by atoms with Gasteiger partial charge in [0, 0.05) is 6.54 Å². The maximum absolute atomic E-state index is 10.4. The van der Waals surface area contributed by atoms with E-state index in [1.165, 1.54) is 58.0 Å². The summed E-state index contributed by atoms with van der Waals surface area (Å²) in [4.78, 5) is 2.52. The third-order valence-electron chi connectivity index (χ3n) is 5.43. The molecule has 1 heterocycles. The molecule has 2 nitrogen and oxygen atoms in total. The van der Waals surface area contributed by atoms with Crippen molar-refractivity contribution in [2.75, 3.05) is 19.6 Å². The van der Waals surface area contributed by atoms with Crippen molar-refractivity contribution in [3.05, 3.63) is 0 Å². The number of nitrogens with zero attached hydrogens (tertiary/aromatic N) is 1. The lowest BCUT2D eigenvalue weighted by Gasteiger charge is -2.30. The van der Waals surface area contributed by atoms with Crippen LogP contribution in [-0.2, 0) is 0 Å². The van der Waals surface area contributed by atoms with Crippen molar-refractivity contribution in [2.24, 2.45) is 17.3 Å². The van der Waals surface area contributed by atoms with E-state index in [4.69, 9.17) is 0 Å². The molecule has 0 aromatic rings. The molecule has 0 amide bonds. The molecule has 0 spiro atoms. The Morgan fingerprint density at radius 2 is 1.68 bits per heavy atom. The molecule has 0 radical (unpaired) electrons. The largest absolute Gasteiger partial charge is 0.392 e. The molecule has 1 N–H and O–H groups in total. The van der Waals surface area contributed by atoms with Gasteiger partial charge in [-0.2, -0.15) is 0 Å². The van der Waals surface area contributed by atoms with E-state index in [1.807, 2.05) is 0 Å². The molecule has 2 unspecified atom stereocenters. The second-order valence-electron chi connectivity index (χ2n) is 7.91. The van der Waals surface area contributed by atoms with Crippen molar-refractivity contribution in [3.63, 3.8) is 0 Å². The van der Waals surface area contributed by atoms with Crippen LogP contribution in [0.5, 0.6) is 0 Å². The van der Waals surface area contributed by atoms with Crippen molar-refractivity contribution >= 4 is 0 Å². The molecular formula is C17H33NO. The Morgan fingerprint density at radius 1 is 1.00 bits per heavy atom. The Hall–Kier alpha value is -0.0800. The van der Waals surface area contributed by atoms with E-state index in [2.05, 4.69) is 25.7 Å². The molecular weight excluding hydrogens is 234 g/mol. The van der Waals surface area contributed by atoms with Crippen LogP contribution in [-0.4, -0.2) is 35.7 Å². The zero-order chi connectivity index (χ0) is 13.9. The number of likely N-dealkylation sites (tertiary alicyclic amines) is 1. The summed E-state index contributed by atoms with van der Waals surface area (Å²) in [6, 6.07) is 0. The molecule has 2 atom stereocenters. The lowest BCUT2D eigenvalue weighted by atomic mass is 9.77. The fraction of sp³-hybridized carbons (Fsp3) is 1.00. The van der Waals surface area contributed by atoms with E-state index in [-0.39, 0.29) is 6.10 Å². The highest BCUT2D eigenvalue weighted by molar-refractivity contribution is 4.82. The van der Waals surface area contributed by atoms with Crippen LogP contribution < -0.4 is 0 Å². The molecule has 1 saturated carbocycles. The second kappa shape index (κ2) is 6.58. The molecule has 0 bridgehead atoms. The minimum Gasteiger partial charge on any atom is -0.392 e. The van der Waals surface area contributed by atoms with E-state index >= 15 is 0 Å². The first-order valence-corrected chi connectivity index (χ1v) is 8.37.